The molecule has 2 aromatic heterocycles. The molecule has 0 amide bonds. The van der Waals surface area contributed by atoms with E-state index in [1.54, 1.807) is 6.07 Å². The standard InChI is InChI=1S/C14H13N3O2/c1-9-7-11-12(15-9)13(18)17(14(19)16-11)8-10-5-3-2-4-6-10/h2-7,15H,8H2,1H3,(H,16,19). The highest BCUT2D eigenvalue weighted by Crippen LogP contribution is 2.06. The van der Waals surface area contributed by atoms with Crippen molar-refractivity contribution in [3.05, 3.63) is 68.5 Å². The van der Waals surface area contributed by atoms with Gasteiger partial charge in [0.15, 0.2) is 0 Å². The van der Waals surface area contributed by atoms with Crippen LogP contribution < -0.4 is 11.2 Å². The highest BCUT2D eigenvalue weighted by atomic mass is 16.2. The van der Waals surface area contributed by atoms with Crippen LogP contribution in [0.5, 0.6) is 0 Å². The van der Waals surface area contributed by atoms with E-state index in [9.17, 15) is 9.59 Å². The van der Waals surface area contributed by atoms with Crippen molar-refractivity contribution in [2.24, 2.45) is 0 Å². The number of hydrogen-bond acceptors (Lipinski definition) is 2. The molecule has 0 aliphatic rings. The lowest BCUT2D eigenvalue weighted by molar-refractivity contribution is 0.710. The van der Waals surface area contributed by atoms with E-state index in [-0.39, 0.29) is 17.8 Å². The third-order valence-corrected chi connectivity index (χ3v) is 3.08. The zero-order valence-electron chi connectivity index (χ0n) is 10.4. The van der Waals surface area contributed by atoms with Crippen molar-refractivity contribution in [1.29, 1.82) is 0 Å². The third-order valence-electron chi connectivity index (χ3n) is 3.08. The molecule has 3 aromatic rings. The Bertz CT molecular complexity index is 840. The van der Waals surface area contributed by atoms with Gasteiger partial charge in [0.1, 0.15) is 5.52 Å². The Morgan fingerprint density at radius 2 is 1.84 bits per heavy atom. The van der Waals surface area contributed by atoms with Crippen LogP contribution >= 0.6 is 0 Å². The Labute approximate surface area is 108 Å². The third kappa shape index (κ3) is 1.99. The molecule has 0 fully saturated rings. The predicted molar refractivity (Wildman–Crippen MR) is 73.5 cm³/mol. The summed E-state index contributed by atoms with van der Waals surface area (Å²) in [5.41, 5.74) is 2.07. The molecule has 0 bridgehead atoms. The minimum absolute atomic E-state index is 0.267. The Morgan fingerprint density at radius 1 is 1.11 bits per heavy atom. The number of nitrogens with zero attached hydrogens (tertiary/aromatic N) is 1. The van der Waals surface area contributed by atoms with Gasteiger partial charge in [-0.15, -0.1) is 0 Å². The summed E-state index contributed by atoms with van der Waals surface area (Å²) < 4.78 is 1.20. The molecule has 3 rings (SSSR count). The molecule has 5 nitrogen and oxygen atoms in total. The first-order valence-corrected chi connectivity index (χ1v) is 6.01. The number of hydrogen-bond donors (Lipinski definition) is 2. The van der Waals surface area contributed by atoms with E-state index in [1.807, 2.05) is 37.3 Å². The molecule has 2 N–H and O–H groups in total. The van der Waals surface area contributed by atoms with Crippen LogP contribution in [0.25, 0.3) is 11.0 Å². The number of aromatic nitrogens is 3. The lowest BCUT2D eigenvalue weighted by Gasteiger charge is -2.04. The molecule has 0 atom stereocenters. The van der Waals surface area contributed by atoms with Crippen LogP contribution in [0.3, 0.4) is 0 Å². The molecule has 5 heteroatoms. The predicted octanol–water partition coefficient (Wildman–Crippen LogP) is 1.37. The van der Waals surface area contributed by atoms with Crippen molar-refractivity contribution in [2.75, 3.05) is 0 Å². The summed E-state index contributed by atoms with van der Waals surface area (Å²) in [7, 11) is 0. The maximum absolute atomic E-state index is 12.3. The van der Waals surface area contributed by atoms with Crippen molar-refractivity contribution >= 4 is 11.0 Å². The van der Waals surface area contributed by atoms with Crippen LogP contribution in [0.4, 0.5) is 0 Å². The Morgan fingerprint density at radius 3 is 2.58 bits per heavy atom. The molecule has 1 aromatic carbocycles. The van der Waals surface area contributed by atoms with Gasteiger partial charge in [-0.05, 0) is 18.6 Å². The molecule has 19 heavy (non-hydrogen) atoms. The summed E-state index contributed by atoms with van der Waals surface area (Å²) in [5.74, 6) is 0. The Balaban J connectivity index is 2.19. The Hall–Kier alpha value is -2.56. The lowest BCUT2D eigenvalue weighted by Crippen LogP contribution is -2.35. The summed E-state index contributed by atoms with van der Waals surface area (Å²) in [4.78, 5) is 29.9. The number of aryl methyl sites for hydroxylation is 1. The molecule has 96 valence electrons. The second-order valence-corrected chi connectivity index (χ2v) is 4.55. The first-order chi connectivity index (χ1) is 9.15. The van der Waals surface area contributed by atoms with Gasteiger partial charge in [0.2, 0.25) is 0 Å². The summed E-state index contributed by atoms with van der Waals surface area (Å²) in [5, 5.41) is 0. The van der Waals surface area contributed by atoms with Gasteiger partial charge in [0, 0.05) is 5.69 Å². The largest absolute Gasteiger partial charge is 0.353 e. The smallest absolute Gasteiger partial charge is 0.329 e. The summed E-state index contributed by atoms with van der Waals surface area (Å²) >= 11 is 0. The van der Waals surface area contributed by atoms with Crippen LogP contribution in [0.15, 0.2) is 46.0 Å². The van der Waals surface area contributed by atoms with Crippen LogP contribution in [-0.2, 0) is 6.54 Å². The van der Waals surface area contributed by atoms with Crippen LogP contribution in [0.2, 0.25) is 0 Å². The number of rotatable bonds is 2. The quantitative estimate of drug-likeness (QED) is 0.726. The normalized spacial score (nSPS) is 11.0. The number of H-pyrrole nitrogens is 2. The maximum atomic E-state index is 12.3. The van der Waals surface area contributed by atoms with Gasteiger partial charge in [0.25, 0.3) is 5.56 Å². The fourth-order valence-corrected chi connectivity index (χ4v) is 2.18. The van der Waals surface area contributed by atoms with Gasteiger partial charge in [-0.25, -0.2) is 4.79 Å². The van der Waals surface area contributed by atoms with E-state index in [0.717, 1.165) is 11.3 Å². The summed E-state index contributed by atoms with van der Waals surface area (Å²) in [6.07, 6.45) is 0. The molecule has 0 aliphatic heterocycles. The zero-order valence-corrected chi connectivity index (χ0v) is 10.4. The molecule has 0 saturated carbocycles. The second-order valence-electron chi connectivity index (χ2n) is 4.55. The lowest BCUT2D eigenvalue weighted by atomic mass is 10.2. The van der Waals surface area contributed by atoms with Crippen molar-refractivity contribution in [1.82, 2.24) is 14.5 Å². The van der Waals surface area contributed by atoms with Crippen LogP contribution in [-0.4, -0.2) is 14.5 Å². The molecule has 0 saturated heterocycles. The SMILES string of the molecule is Cc1cc2[nH]c(=O)n(Cc3ccccc3)c(=O)c2[nH]1. The van der Waals surface area contributed by atoms with Gasteiger partial charge >= 0.3 is 5.69 Å². The van der Waals surface area contributed by atoms with E-state index < -0.39 is 0 Å². The van der Waals surface area contributed by atoms with E-state index in [2.05, 4.69) is 9.97 Å². The van der Waals surface area contributed by atoms with Crippen LogP contribution in [0.1, 0.15) is 11.3 Å². The van der Waals surface area contributed by atoms with E-state index in [0.29, 0.717) is 11.0 Å². The first-order valence-electron chi connectivity index (χ1n) is 6.01. The van der Waals surface area contributed by atoms with Crippen molar-refractivity contribution in [2.45, 2.75) is 13.5 Å². The maximum Gasteiger partial charge on any atom is 0.329 e. The number of nitrogens with one attached hydrogen (secondary N) is 2. The number of benzene rings is 1. The van der Waals surface area contributed by atoms with E-state index in [1.165, 1.54) is 4.57 Å². The highest BCUT2D eigenvalue weighted by Gasteiger charge is 2.09. The molecule has 2 heterocycles. The topological polar surface area (TPSA) is 70.7 Å². The fraction of sp³-hybridized carbons (Fsp3) is 0.143. The van der Waals surface area contributed by atoms with Gasteiger partial charge < -0.3 is 9.97 Å². The summed E-state index contributed by atoms with van der Waals surface area (Å²) in [6.45, 7) is 2.11. The average Bonchev–Trinajstić information content (AvgIpc) is 2.76. The van der Waals surface area contributed by atoms with E-state index in [4.69, 9.17) is 0 Å². The monoisotopic (exact) mass is 255 g/mol. The van der Waals surface area contributed by atoms with Gasteiger partial charge in [-0.3, -0.25) is 9.36 Å². The number of aromatic amines is 2. The number of fused-ring (bicyclic) bond motifs is 1. The van der Waals surface area contributed by atoms with Crippen molar-refractivity contribution in [3.8, 4) is 0 Å². The molecular weight excluding hydrogens is 242 g/mol. The average molecular weight is 255 g/mol. The second kappa shape index (κ2) is 4.28. The van der Waals surface area contributed by atoms with Crippen molar-refractivity contribution < 1.29 is 0 Å². The van der Waals surface area contributed by atoms with Gasteiger partial charge in [0.05, 0.1) is 12.1 Å². The highest BCUT2D eigenvalue weighted by molar-refractivity contribution is 5.74. The van der Waals surface area contributed by atoms with E-state index >= 15 is 0 Å². The van der Waals surface area contributed by atoms with Gasteiger partial charge in [-0.1, -0.05) is 30.3 Å². The fourth-order valence-electron chi connectivity index (χ4n) is 2.18. The minimum atomic E-state index is -0.389. The Kier molecular flexibility index (Phi) is 2.59. The van der Waals surface area contributed by atoms with Crippen molar-refractivity contribution in [3.63, 3.8) is 0 Å². The minimum Gasteiger partial charge on any atom is -0.353 e. The molecule has 0 radical (unpaired) electrons. The van der Waals surface area contributed by atoms with Gasteiger partial charge in [-0.2, -0.15) is 0 Å². The molecule has 0 unspecified atom stereocenters. The first kappa shape index (κ1) is 11.5. The summed E-state index contributed by atoms with van der Waals surface area (Å²) in [6, 6.07) is 11.2. The molecule has 0 aliphatic carbocycles. The zero-order chi connectivity index (χ0) is 13.4. The molecule has 0 spiro atoms. The molecular formula is C14H13N3O2. The van der Waals surface area contributed by atoms with Crippen LogP contribution in [0, 0.1) is 6.92 Å².